The van der Waals surface area contributed by atoms with Gasteiger partial charge in [-0.1, -0.05) is 37.5 Å². The van der Waals surface area contributed by atoms with Gasteiger partial charge in [0.15, 0.2) is 0 Å². The van der Waals surface area contributed by atoms with Crippen LogP contribution >= 0.6 is 0 Å². The van der Waals surface area contributed by atoms with Gasteiger partial charge in [0.1, 0.15) is 0 Å². The van der Waals surface area contributed by atoms with Crippen molar-refractivity contribution in [3.05, 3.63) is 66.8 Å². The van der Waals surface area contributed by atoms with Crippen LogP contribution < -0.4 is 0 Å². The summed E-state index contributed by atoms with van der Waals surface area (Å²) in [6.07, 6.45) is 1.95. The molecule has 146 valence electrons. The van der Waals surface area contributed by atoms with Crippen molar-refractivity contribution in [1.82, 2.24) is 0 Å². The molecule has 2 aromatic rings. The summed E-state index contributed by atoms with van der Waals surface area (Å²) in [7, 11) is 0. The quantitative estimate of drug-likeness (QED) is 0.480. The molecule has 0 heterocycles. The first-order valence-electron chi connectivity index (χ1n) is 10.4. The first-order chi connectivity index (χ1) is 13.2. The van der Waals surface area contributed by atoms with Gasteiger partial charge in [0.2, 0.25) is 0 Å². The van der Waals surface area contributed by atoms with E-state index in [1.54, 1.807) is 0 Å². The molecule has 0 bridgehead atoms. The minimum absolute atomic E-state index is 0.879. The lowest BCUT2D eigenvalue weighted by Crippen LogP contribution is -2.03. The molecular formula is C28H34. The standard InChI is InChI=1S/C28H34/c1-11-13-14-26-21(7)23(9)28(24(10)22(26)8)16-15-27-19(5)17(3)25(12-2)18(4)20(27)6/h11-12H2,1-10H3. The molecule has 0 radical (unpaired) electrons. The lowest BCUT2D eigenvalue weighted by Gasteiger charge is -2.17. The van der Waals surface area contributed by atoms with Gasteiger partial charge in [-0.25, -0.2) is 0 Å². The molecule has 0 fully saturated rings. The Labute approximate surface area is 172 Å². The zero-order valence-corrected chi connectivity index (χ0v) is 19.4. The van der Waals surface area contributed by atoms with Crippen molar-refractivity contribution in [2.24, 2.45) is 0 Å². The van der Waals surface area contributed by atoms with Crippen LogP contribution in [-0.4, -0.2) is 0 Å². The molecule has 0 heteroatoms. The van der Waals surface area contributed by atoms with E-state index in [0.29, 0.717) is 0 Å². The zero-order chi connectivity index (χ0) is 21.2. The highest BCUT2D eigenvalue weighted by Gasteiger charge is 2.14. The van der Waals surface area contributed by atoms with E-state index in [-0.39, 0.29) is 0 Å². The van der Waals surface area contributed by atoms with E-state index in [1.807, 2.05) is 0 Å². The molecule has 0 aromatic heterocycles. The average molecular weight is 371 g/mol. The molecule has 0 spiro atoms. The second-order valence-electron chi connectivity index (χ2n) is 7.86. The van der Waals surface area contributed by atoms with E-state index < -0.39 is 0 Å². The van der Waals surface area contributed by atoms with E-state index in [4.69, 9.17) is 0 Å². The Morgan fingerprint density at radius 2 is 0.786 bits per heavy atom. The number of hydrogen-bond acceptors (Lipinski definition) is 0. The maximum Gasteiger partial charge on any atom is 0.0313 e. The Balaban J connectivity index is 2.73. The monoisotopic (exact) mass is 370 g/mol. The molecule has 0 aliphatic heterocycles. The van der Waals surface area contributed by atoms with Gasteiger partial charge in [-0.05, 0) is 112 Å². The molecule has 0 saturated heterocycles. The van der Waals surface area contributed by atoms with E-state index in [2.05, 4.69) is 92.9 Å². The maximum absolute atomic E-state index is 3.54. The summed E-state index contributed by atoms with van der Waals surface area (Å²) < 4.78 is 0. The zero-order valence-electron chi connectivity index (χ0n) is 19.4. The van der Waals surface area contributed by atoms with Crippen molar-refractivity contribution in [1.29, 1.82) is 0 Å². The number of rotatable bonds is 1. The van der Waals surface area contributed by atoms with Gasteiger partial charge in [0, 0.05) is 23.1 Å². The molecular weight excluding hydrogens is 336 g/mol. The minimum Gasteiger partial charge on any atom is -0.0982 e. The normalized spacial score (nSPS) is 10.2. The highest BCUT2D eigenvalue weighted by Crippen LogP contribution is 2.28. The molecule has 0 aliphatic rings. The van der Waals surface area contributed by atoms with Crippen molar-refractivity contribution in [3.8, 4) is 23.7 Å². The van der Waals surface area contributed by atoms with Crippen molar-refractivity contribution in [2.45, 2.75) is 82.1 Å². The Bertz CT molecular complexity index is 996. The summed E-state index contributed by atoms with van der Waals surface area (Å²) in [6, 6.07) is 0. The van der Waals surface area contributed by atoms with Gasteiger partial charge in [0.05, 0.1) is 0 Å². The molecule has 2 aromatic carbocycles. The molecule has 0 N–H and O–H groups in total. The summed E-state index contributed by atoms with van der Waals surface area (Å²) in [5.41, 5.74) is 15.4. The molecule has 0 aliphatic carbocycles. The highest BCUT2D eigenvalue weighted by molar-refractivity contribution is 5.64. The van der Waals surface area contributed by atoms with Gasteiger partial charge in [0.25, 0.3) is 0 Å². The third-order valence-corrected chi connectivity index (χ3v) is 6.46. The van der Waals surface area contributed by atoms with E-state index in [0.717, 1.165) is 18.4 Å². The number of benzene rings is 2. The van der Waals surface area contributed by atoms with Crippen LogP contribution in [0.2, 0.25) is 0 Å². The van der Waals surface area contributed by atoms with Crippen molar-refractivity contribution >= 4 is 0 Å². The Morgan fingerprint density at radius 1 is 0.464 bits per heavy atom. The first-order valence-corrected chi connectivity index (χ1v) is 10.4. The summed E-state index contributed by atoms with van der Waals surface area (Å²) in [4.78, 5) is 0. The summed E-state index contributed by atoms with van der Waals surface area (Å²) >= 11 is 0. The fraction of sp³-hybridized carbons (Fsp3) is 0.429. The third kappa shape index (κ3) is 3.75. The molecule has 0 atom stereocenters. The van der Waals surface area contributed by atoms with Crippen LogP contribution in [-0.2, 0) is 6.42 Å². The molecule has 2 rings (SSSR count). The SMILES string of the molecule is CCC#Cc1c(C)c(C)c(C#Cc2c(C)c(C)c(CC)c(C)c2C)c(C)c1C. The molecule has 28 heavy (non-hydrogen) atoms. The van der Waals surface area contributed by atoms with Crippen LogP contribution in [0.4, 0.5) is 0 Å². The van der Waals surface area contributed by atoms with Crippen molar-refractivity contribution in [3.63, 3.8) is 0 Å². The topological polar surface area (TPSA) is 0 Å². The van der Waals surface area contributed by atoms with E-state index in [9.17, 15) is 0 Å². The minimum atomic E-state index is 0.879. The Hall–Kier alpha value is -2.44. The average Bonchev–Trinajstić information content (AvgIpc) is 2.67. The van der Waals surface area contributed by atoms with Crippen LogP contribution in [0.15, 0.2) is 0 Å². The van der Waals surface area contributed by atoms with Crippen molar-refractivity contribution in [2.75, 3.05) is 0 Å². The second-order valence-corrected chi connectivity index (χ2v) is 7.86. The Kier molecular flexibility index (Phi) is 6.80. The fourth-order valence-corrected chi connectivity index (χ4v) is 4.10. The van der Waals surface area contributed by atoms with Gasteiger partial charge >= 0.3 is 0 Å². The van der Waals surface area contributed by atoms with Crippen LogP contribution in [0.25, 0.3) is 0 Å². The van der Waals surface area contributed by atoms with E-state index >= 15 is 0 Å². The van der Waals surface area contributed by atoms with Crippen LogP contribution in [0, 0.1) is 79.1 Å². The molecule has 0 amide bonds. The predicted molar refractivity (Wildman–Crippen MR) is 123 cm³/mol. The maximum atomic E-state index is 3.54. The first kappa shape index (κ1) is 21.9. The largest absolute Gasteiger partial charge is 0.0982 e. The smallest absolute Gasteiger partial charge is 0.0313 e. The van der Waals surface area contributed by atoms with Gasteiger partial charge < -0.3 is 0 Å². The van der Waals surface area contributed by atoms with Crippen molar-refractivity contribution < 1.29 is 0 Å². The molecule has 0 nitrogen and oxygen atoms in total. The predicted octanol–water partition coefficient (Wildman–Crippen LogP) is 6.88. The van der Waals surface area contributed by atoms with Gasteiger partial charge in [-0.3, -0.25) is 0 Å². The summed E-state index contributed by atoms with van der Waals surface area (Å²) in [5.74, 6) is 13.7. The van der Waals surface area contributed by atoms with Gasteiger partial charge in [-0.2, -0.15) is 0 Å². The summed E-state index contributed by atoms with van der Waals surface area (Å²) in [5, 5.41) is 0. The molecule has 0 unspecified atom stereocenters. The lowest BCUT2D eigenvalue weighted by atomic mass is 9.87. The second kappa shape index (κ2) is 8.71. The number of hydrogen-bond donors (Lipinski definition) is 0. The van der Waals surface area contributed by atoms with Crippen LogP contribution in [0.5, 0.6) is 0 Å². The molecule has 0 saturated carbocycles. The lowest BCUT2D eigenvalue weighted by molar-refractivity contribution is 1.05. The van der Waals surface area contributed by atoms with Crippen LogP contribution in [0.1, 0.15) is 87.0 Å². The van der Waals surface area contributed by atoms with Crippen LogP contribution in [0.3, 0.4) is 0 Å². The summed E-state index contributed by atoms with van der Waals surface area (Å²) in [6.45, 7) is 21.9. The van der Waals surface area contributed by atoms with E-state index in [1.165, 1.54) is 61.2 Å². The Morgan fingerprint density at radius 3 is 1.11 bits per heavy atom. The third-order valence-electron chi connectivity index (χ3n) is 6.46. The van der Waals surface area contributed by atoms with Gasteiger partial charge in [-0.15, -0.1) is 0 Å². The highest BCUT2D eigenvalue weighted by atomic mass is 14.2. The fourth-order valence-electron chi connectivity index (χ4n) is 4.10.